The summed E-state index contributed by atoms with van der Waals surface area (Å²) in [4.78, 5) is 12.6. The van der Waals surface area contributed by atoms with Crippen LogP contribution in [0.5, 0.6) is 0 Å². The van der Waals surface area contributed by atoms with Crippen molar-refractivity contribution in [2.75, 3.05) is 5.73 Å². The first-order valence-corrected chi connectivity index (χ1v) is 6.38. The first kappa shape index (κ1) is 12.8. The van der Waals surface area contributed by atoms with E-state index in [9.17, 15) is 13.6 Å². The van der Waals surface area contributed by atoms with Crippen LogP contribution in [-0.4, -0.2) is 5.78 Å². The fourth-order valence-electron chi connectivity index (χ4n) is 2.54. The topological polar surface area (TPSA) is 43.1 Å². The summed E-state index contributed by atoms with van der Waals surface area (Å²) >= 11 is 0. The lowest BCUT2D eigenvalue weighted by atomic mass is 9.87. The van der Waals surface area contributed by atoms with Gasteiger partial charge in [-0.25, -0.2) is 8.78 Å². The van der Waals surface area contributed by atoms with E-state index in [0.717, 1.165) is 23.8 Å². The highest BCUT2D eigenvalue weighted by molar-refractivity contribution is 6.06. The maximum absolute atomic E-state index is 13.2. The predicted molar refractivity (Wildman–Crippen MR) is 72.5 cm³/mol. The zero-order valence-electron chi connectivity index (χ0n) is 10.7. The molecule has 20 heavy (non-hydrogen) atoms. The summed E-state index contributed by atoms with van der Waals surface area (Å²) in [6.45, 7) is 0. The van der Waals surface area contributed by atoms with Gasteiger partial charge in [0.25, 0.3) is 0 Å². The first-order chi connectivity index (χ1) is 9.51. The van der Waals surface area contributed by atoms with Crippen molar-refractivity contribution in [3.05, 3.63) is 65.2 Å². The van der Waals surface area contributed by atoms with E-state index in [-0.39, 0.29) is 11.3 Å². The van der Waals surface area contributed by atoms with Gasteiger partial charge in [0, 0.05) is 17.3 Å². The lowest BCUT2D eigenvalue weighted by molar-refractivity contribution is 0.0945. The molecule has 2 N–H and O–H groups in total. The molecule has 2 aromatic rings. The molecule has 0 saturated heterocycles. The van der Waals surface area contributed by atoms with E-state index in [0.29, 0.717) is 18.5 Å². The number of ketones is 1. The van der Waals surface area contributed by atoms with Crippen LogP contribution >= 0.6 is 0 Å². The van der Waals surface area contributed by atoms with Gasteiger partial charge in [0.2, 0.25) is 0 Å². The van der Waals surface area contributed by atoms with Crippen LogP contribution < -0.4 is 5.73 Å². The third kappa shape index (κ3) is 2.07. The average Bonchev–Trinajstić information content (AvgIpc) is 3.19. The number of carbonyl (C=O) groups excluding carboxylic acids is 1. The summed E-state index contributed by atoms with van der Waals surface area (Å²) in [6, 6.07) is 10.0. The van der Waals surface area contributed by atoms with Crippen LogP contribution in [0.15, 0.2) is 42.5 Å². The Labute approximate surface area is 115 Å². The minimum absolute atomic E-state index is 0.0804. The Kier molecular flexibility index (Phi) is 2.82. The van der Waals surface area contributed by atoms with Gasteiger partial charge >= 0.3 is 0 Å². The van der Waals surface area contributed by atoms with Crippen molar-refractivity contribution in [1.29, 1.82) is 0 Å². The number of benzene rings is 2. The molecule has 0 unspecified atom stereocenters. The number of nitrogen functional groups attached to an aromatic ring is 1. The van der Waals surface area contributed by atoms with E-state index < -0.39 is 17.0 Å². The van der Waals surface area contributed by atoms with Crippen molar-refractivity contribution >= 4 is 11.5 Å². The minimum atomic E-state index is -0.735. The fourth-order valence-corrected chi connectivity index (χ4v) is 2.54. The largest absolute Gasteiger partial charge is 0.399 e. The van der Waals surface area contributed by atoms with Crippen molar-refractivity contribution in [1.82, 2.24) is 0 Å². The zero-order chi connectivity index (χ0) is 14.3. The summed E-state index contributed by atoms with van der Waals surface area (Å²) in [5.41, 5.74) is 6.54. The molecule has 0 radical (unpaired) electrons. The molecule has 1 fully saturated rings. The van der Waals surface area contributed by atoms with Gasteiger partial charge in [-0.3, -0.25) is 4.79 Å². The van der Waals surface area contributed by atoms with Gasteiger partial charge in [0.15, 0.2) is 5.78 Å². The lowest BCUT2D eigenvalue weighted by Crippen LogP contribution is -2.21. The first-order valence-electron chi connectivity index (χ1n) is 6.38. The summed E-state index contributed by atoms with van der Waals surface area (Å²) < 4.78 is 26.5. The molecule has 3 rings (SSSR count). The Morgan fingerprint density at radius 1 is 1.00 bits per heavy atom. The highest BCUT2D eigenvalue weighted by atomic mass is 19.1. The van der Waals surface area contributed by atoms with Crippen LogP contribution in [0.4, 0.5) is 14.5 Å². The molecule has 1 aliphatic carbocycles. The van der Waals surface area contributed by atoms with Gasteiger partial charge in [0.05, 0.1) is 5.41 Å². The van der Waals surface area contributed by atoms with E-state index in [1.807, 2.05) is 0 Å². The van der Waals surface area contributed by atoms with Crippen LogP contribution in [0.3, 0.4) is 0 Å². The van der Waals surface area contributed by atoms with Gasteiger partial charge in [0.1, 0.15) is 11.6 Å². The predicted octanol–water partition coefficient (Wildman–Crippen LogP) is 3.46. The maximum atomic E-state index is 13.2. The molecule has 0 aliphatic heterocycles. The Balaban J connectivity index is 1.99. The number of Topliss-reactive ketones (excluding diaryl/α,β-unsaturated/α-hetero) is 1. The van der Waals surface area contributed by atoms with Gasteiger partial charge in [-0.05, 0) is 42.7 Å². The van der Waals surface area contributed by atoms with Crippen molar-refractivity contribution in [3.8, 4) is 0 Å². The number of nitrogens with two attached hydrogens (primary N) is 1. The number of rotatable bonds is 3. The van der Waals surface area contributed by atoms with Crippen molar-refractivity contribution in [2.24, 2.45) is 0 Å². The van der Waals surface area contributed by atoms with Gasteiger partial charge in [-0.15, -0.1) is 0 Å². The van der Waals surface area contributed by atoms with Crippen LogP contribution in [0.1, 0.15) is 28.8 Å². The fraction of sp³-hybridized carbons (Fsp3) is 0.188. The molecule has 0 aromatic heterocycles. The smallest absolute Gasteiger partial charge is 0.173 e. The van der Waals surface area contributed by atoms with Crippen molar-refractivity contribution in [3.63, 3.8) is 0 Å². The average molecular weight is 273 g/mol. The standard InChI is InChI=1S/C16H13F2NO/c17-12-7-10(8-13(18)9-12)15(20)16(5-6-16)11-1-3-14(19)4-2-11/h1-4,7-9H,5-6,19H2. The minimum Gasteiger partial charge on any atom is -0.399 e. The molecule has 0 heterocycles. The quantitative estimate of drug-likeness (QED) is 0.687. The van der Waals surface area contributed by atoms with E-state index in [1.54, 1.807) is 24.3 Å². The molecule has 0 bridgehead atoms. The second kappa shape index (κ2) is 4.40. The van der Waals surface area contributed by atoms with Crippen LogP contribution in [0, 0.1) is 11.6 Å². The molecule has 2 nitrogen and oxygen atoms in total. The van der Waals surface area contributed by atoms with E-state index in [4.69, 9.17) is 5.73 Å². The summed E-state index contributed by atoms with van der Waals surface area (Å²) in [6.07, 6.45) is 1.38. The normalized spacial score (nSPS) is 15.9. The molecule has 1 saturated carbocycles. The second-order valence-corrected chi connectivity index (χ2v) is 5.19. The Morgan fingerprint density at radius 2 is 1.55 bits per heavy atom. The van der Waals surface area contributed by atoms with Crippen LogP contribution in [-0.2, 0) is 5.41 Å². The maximum Gasteiger partial charge on any atom is 0.173 e. The molecule has 1 aliphatic rings. The molecular formula is C16H13F2NO. The third-order valence-electron chi connectivity index (χ3n) is 3.77. The van der Waals surface area contributed by atoms with Crippen molar-refractivity contribution < 1.29 is 13.6 Å². The third-order valence-corrected chi connectivity index (χ3v) is 3.77. The van der Waals surface area contributed by atoms with E-state index in [1.165, 1.54) is 0 Å². The van der Waals surface area contributed by atoms with E-state index in [2.05, 4.69) is 0 Å². The van der Waals surface area contributed by atoms with Gasteiger partial charge in [-0.1, -0.05) is 12.1 Å². The molecule has 4 heteroatoms. The summed E-state index contributed by atoms with van der Waals surface area (Å²) in [5, 5.41) is 0. The highest BCUT2D eigenvalue weighted by Crippen LogP contribution is 2.50. The second-order valence-electron chi connectivity index (χ2n) is 5.19. The van der Waals surface area contributed by atoms with Crippen LogP contribution in [0.2, 0.25) is 0 Å². The summed E-state index contributed by atoms with van der Waals surface area (Å²) in [5.74, 6) is -1.71. The zero-order valence-corrected chi connectivity index (χ0v) is 10.7. The number of halogens is 2. The van der Waals surface area contributed by atoms with Gasteiger partial charge < -0.3 is 5.73 Å². The Hall–Kier alpha value is -2.23. The van der Waals surface area contributed by atoms with Crippen molar-refractivity contribution in [2.45, 2.75) is 18.3 Å². The van der Waals surface area contributed by atoms with Crippen LogP contribution in [0.25, 0.3) is 0 Å². The lowest BCUT2D eigenvalue weighted by Gasteiger charge is -2.15. The number of hydrogen-bond donors (Lipinski definition) is 1. The summed E-state index contributed by atoms with van der Waals surface area (Å²) in [7, 11) is 0. The SMILES string of the molecule is Nc1ccc(C2(C(=O)c3cc(F)cc(F)c3)CC2)cc1. The molecule has 0 amide bonds. The number of anilines is 1. The monoisotopic (exact) mass is 273 g/mol. The molecular weight excluding hydrogens is 260 g/mol. The Bertz CT molecular complexity index is 655. The molecule has 0 spiro atoms. The number of hydrogen-bond acceptors (Lipinski definition) is 2. The van der Waals surface area contributed by atoms with Gasteiger partial charge in [-0.2, -0.15) is 0 Å². The number of carbonyl (C=O) groups is 1. The van der Waals surface area contributed by atoms with E-state index >= 15 is 0 Å². The highest BCUT2D eigenvalue weighted by Gasteiger charge is 2.51. The molecule has 2 aromatic carbocycles. The molecule has 0 atom stereocenters. The Morgan fingerprint density at radius 3 is 2.05 bits per heavy atom. The molecule has 102 valence electrons.